The van der Waals surface area contributed by atoms with Crippen molar-refractivity contribution in [2.24, 2.45) is 0 Å². The van der Waals surface area contributed by atoms with E-state index in [1.807, 2.05) is 27.2 Å². The molecular formula is C72H130N2O6P+. The van der Waals surface area contributed by atoms with Gasteiger partial charge in [-0.05, 0) is 83.5 Å². The number of carbonyl (C=O) groups excluding carboxylic acids is 1. The van der Waals surface area contributed by atoms with Crippen molar-refractivity contribution < 1.29 is 32.9 Å². The number of aliphatic hydroxyl groups excluding tert-OH is 1. The molecule has 0 rings (SSSR count). The summed E-state index contributed by atoms with van der Waals surface area (Å²) in [7, 11) is 1.57. The molecule has 0 saturated carbocycles. The van der Waals surface area contributed by atoms with Crippen molar-refractivity contribution in [3.63, 3.8) is 0 Å². The van der Waals surface area contributed by atoms with E-state index in [-0.39, 0.29) is 19.1 Å². The zero-order chi connectivity index (χ0) is 59.1. The number of nitrogens with one attached hydrogen (secondary N) is 1. The predicted molar refractivity (Wildman–Crippen MR) is 355 cm³/mol. The minimum atomic E-state index is -4.35. The summed E-state index contributed by atoms with van der Waals surface area (Å²) in [5, 5.41) is 14.0. The van der Waals surface area contributed by atoms with Crippen LogP contribution in [0.2, 0.25) is 0 Å². The SMILES string of the molecule is CC/C=C\C/C=C\C/C=C\C/C=C\C/C=C\C/C=C\C/C=C\C/C=C\CCCCCCCCCCCCCCCCCCC(=O)NC(COP(=O)(O)OCC[N+](C)(C)C)C(O)/C=C/CCCCCCCCCCCCCCCCCC. The number of phosphoric acid groups is 1. The molecule has 0 aliphatic rings. The summed E-state index contributed by atoms with van der Waals surface area (Å²) in [4.78, 5) is 23.4. The summed E-state index contributed by atoms with van der Waals surface area (Å²) in [5.41, 5.74) is 0. The molecule has 3 N–H and O–H groups in total. The van der Waals surface area contributed by atoms with Crippen LogP contribution in [0, 0.1) is 0 Å². The van der Waals surface area contributed by atoms with E-state index < -0.39 is 20.0 Å². The first kappa shape index (κ1) is 78.2. The molecule has 0 aromatic rings. The van der Waals surface area contributed by atoms with E-state index in [1.54, 1.807) is 6.08 Å². The van der Waals surface area contributed by atoms with Gasteiger partial charge in [0.2, 0.25) is 5.91 Å². The largest absolute Gasteiger partial charge is 0.472 e. The summed E-state index contributed by atoms with van der Waals surface area (Å²) in [6.45, 7) is 4.72. The standard InChI is InChI=1S/C72H129N2O6P/c1-6-8-10-12-14-16-18-20-22-24-26-27-28-29-30-31-32-33-34-35-36-37-38-39-40-41-42-43-44-45-46-47-48-50-52-54-56-58-60-62-64-66-72(76)73-70(69-80-81(77,78)79-68-67-74(3,4)5)71(75)65-63-61-59-57-55-53-51-49-25-23-21-19-17-15-13-11-9-7-2/h8,10,14,16,20,22,26-27,29-30,32-33,35-36,38-39,63,65,70-71,75H,6-7,9,11-13,15,17-19,21,23-25,28,31,34,37,40-62,64,66-69H2,1-5H3,(H-,73,76,77,78)/p+1/b10-8-,16-14-,22-20-,27-26-,30-29-,33-32-,36-35-,39-38-,65-63+. The maximum Gasteiger partial charge on any atom is 0.472 e. The van der Waals surface area contributed by atoms with E-state index in [4.69, 9.17) is 9.05 Å². The van der Waals surface area contributed by atoms with Crippen molar-refractivity contribution in [1.29, 1.82) is 0 Å². The van der Waals surface area contributed by atoms with Crippen LogP contribution in [0.1, 0.15) is 290 Å². The Morgan fingerprint density at radius 1 is 0.432 bits per heavy atom. The number of carbonyl (C=O) groups is 1. The summed E-state index contributed by atoms with van der Waals surface area (Å²) in [6, 6.07) is -0.851. The highest BCUT2D eigenvalue weighted by Crippen LogP contribution is 2.43. The number of nitrogens with zero attached hydrogens (tertiary/aromatic N) is 1. The lowest BCUT2D eigenvalue weighted by atomic mass is 10.0. The highest BCUT2D eigenvalue weighted by molar-refractivity contribution is 7.47. The lowest BCUT2D eigenvalue weighted by Gasteiger charge is -2.25. The molecular weight excluding hydrogens is 1020 g/mol. The maximum atomic E-state index is 13.0. The van der Waals surface area contributed by atoms with Gasteiger partial charge in [-0.3, -0.25) is 13.8 Å². The Hall–Kier alpha value is -2.84. The number of phosphoric ester groups is 1. The molecule has 8 nitrogen and oxygen atoms in total. The summed E-state index contributed by atoms with van der Waals surface area (Å²) in [6.07, 6.45) is 90.8. The first-order chi connectivity index (χ1) is 39.5. The molecule has 81 heavy (non-hydrogen) atoms. The number of hydrogen-bond acceptors (Lipinski definition) is 5. The Labute approximate surface area is 501 Å². The molecule has 0 fully saturated rings. The molecule has 0 aliphatic heterocycles. The Bertz CT molecular complexity index is 1690. The second kappa shape index (κ2) is 61.7. The molecule has 0 saturated heterocycles. The lowest BCUT2D eigenvalue weighted by Crippen LogP contribution is -2.45. The summed E-state index contributed by atoms with van der Waals surface area (Å²) in [5.74, 6) is -0.177. The van der Waals surface area contributed by atoms with Gasteiger partial charge in [0.1, 0.15) is 13.2 Å². The topological polar surface area (TPSA) is 105 Å². The molecule has 0 aromatic heterocycles. The third-order valence-corrected chi connectivity index (χ3v) is 15.7. The molecule has 0 heterocycles. The Kier molecular flexibility index (Phi) is 59.5. The smallest absolute Gasteiger partial charge is 0.387 e. The van der Waals surface area contributed by atoms with Crippen molar-refractivity contribution in [1.82, 2.24) is 5.32 Å². The normalized spacial score (nSPS) is 14.4. The minimum absolute atomic E-state index is 0.0592. The number of unbranched alkanes of at least 4 members (excludes halogenated alkanes) is 32. The second-order valence-electron chi connectivity index (χ2n) is 23.8. The van der Waals surface area contributed by atoms with Crippen LogP contribution in [0.25, 0.3) is 0 Å². The zero-order valence-corrected chi connectivity index (χ0v) is 54.4. The van der Waals surface area contributed by atoms with Crippen molar-refractivity contribution in [2.75, 3.05) is 40.9 Å². The average Bonchev–Trinajstić information content (AvgIpc) is 3.43. The Morgan fingerprint density at radius 3 is 1.09 bits per heavy atom. The fourth-order valence-corrected chi connectivity index (χ4v) is 10.3. The lowest BCUT2D eigenvalue weighted by molar-refractivity contribution is -0.870. The van der Waals surface area contributed by atoms with E-state index in [0.717, 1.165) is 89.9 Å². The van der Waals surface area contributed by atoms with Crippen molar-refractivity contribution in [3.8, 4) is 0 Å². The van der Waals surface area contributed by atoms with Crippen LogP contribution >= 0.6 is 7.82 Å². The van der Waals surface area contributed by atoms with Gasteiger partial charge in [0.25, 0.3) is 0 Å². The molecule has 1 amide bonds. The van der Waals surface area contributed by atoms with Crippen LogP contribution in [-0.2, 0) is 18.4 Å². The number of hydrogen-bond donors (Lipinski definition) is 3. The van der Waals surface area contributed by atoms with Crippen LogP contribution in [-0.4, -0.2) is 73.4 Å². The second-order valence-corrected chi connectivity index (χ2v) is 25.3. The number of allylic oxidation sites excluding steroid dienone is 17. The van der Waals surface area contributed by atoms with Gasteiger partial charge in [-0.25, -0.2) is 4.57 Å². The zero-order valence-electron chi connectivity index (χ0n) is 53.5. The van der Waals surface area contributed by atoms with Crippen LogP contribution in [0.5, 0.6) is 0 Å². The summed E-state index contributed by atoms with van der Waals surface area (Å²) >= 11 is 0. The van der Waals surface area contributed by atoms with Crippen LogP contribution < -0.4 is 5.32 Å². The third-order valence-electron chi connectivity index (χ3n) is 14.7. The number of quaternary nitrogens is 1. The summed E-state index contributed by atoms with van der Waals surface area (Å²) < 4.78 is 23.8. The molecule has 0 aliphatic carbocycles. The number of rotatable bonds is 61. The van der Waals surface area contributed by atoms with Gasteiger partial charge >= 0.3 is 7.82 Å². The average molecular weight is 1150 g/mol. The van der Waals surface area contributed by atoms with E-state index in [1.165, 1.54) is 180 Å². The van der Waals surface area contributed by atoms with E-state index >= 15 is 0 Å². The van der Waals surface area contributed by atoms with E-state index in [0.29, 0.717) is 17.4 Å². The molecule has 0 radical (unpaired) electrons. The maximum absolute atomic E-state index is 13.0. The highest BCUT2D eigenvalue weighted by Gasteiger charge is 2.28. The van der Waals surface area contributed by atoms with E-state index in [2.05, 4.69) is 116 Å². The van der Waals surface area contributed by atoms with Crippen LogP contribution in [0.3, 0.4) is 0 Å². The molecule has 0 bridgehead atoms. The molecule has 0 aromatic carbocycles. The first-order valence-electron chi connectivity index (χ1n) is 33.8. The van der Waals surface area contributed by atoms with Crippen molar-refractivity contribution in [3.05, 3.63) is 109 Å². The number of amides is 1. The quantitative estimate of drug-likeness (QED) is 0.0243. The van der Waals surface area contributed by atoms with Crippen molar-refractivity contribution in [2.45, 2.75) is 302 Å². The molecule has 468 valence electrons. The third kappa shape index (κ3) is 64.6. The predicted octanol–water partition coefficient (Wildman–Crippen LogP) is 21.5. The highest BCUT2D eigenvalue weighted by atomic mass is 31.2. The fourth-order valence-electron chi connectivity index (χ4n) is 9.53. The number of likely N-dealkylation sites (N-methyl/N-ethyl adjacent to an activating group) is 1. The molecule has 9 heteroatoms. The molecule has 3 unspecified atom stereocenters. The van der Waals surface area contributed by atoms with Gasteiger partial charge in [-0.15, -0.1) is 0 Å². The van der Waals surface area contributed by atoms with Gasteiger partial charge in [0.05, 0.1) is 39.9 Å². The molecule has 0 spiro atoms. The van der Waals surface area contributed by atoms with Crippen LogP contribution in [0.4, 0.5) is 0 Å². The Morgan fingerprint density at radius 2 is 0.741 bits per heavy atom. The van der Waals surface area contributed by atoms with Gasteiger partial charge in [-0.2, -0.15) is 0 Å². The fraction of sp³-hybridized carbons (Fsp3) is 0.736. The van der Waals surface area contributed by atoms with Gasteiger partial charge < -0.3 is 19.8 Å². The van der Waals surface area contributed by atoms with Gasteiger partial charge in [0, 0.05) is 6.42 Å². The van der Waals surface area contributed by atoms with Gasteiger partial charge in [0.15, 0.2) is 0 Å². The first-order valence-corrected chi connectivity index (χ1v) is 35.3. The van der Waals surface area contributed by atoms with Crippen molar-refractivity contribution >= 4 is 13.7 Å². The van der Waals surface area contributed by atoms with E-state index in [9.17, 15) is 19.4 Å². The molecule has 3 atom stereocenters. The Balaban J connectivity index is 4.02. The minimum Gasteiger partial charge on any atom is -0.387 e. The van der Waals surface area contributed by atoms with Crippen LogP contribution in [0.15, 0.2) is 109 Å². The number of aliphatic hydroxyl groups is 1. The van der Waals surface area contributed by atoms with Gasteiger partial charge in [-0.1, -0.05) is 309 Å². The monoisotopic (exact) mass is 1150 g/mol.